The number of rotatable bonds is 3. The Morgan fingerprint density at radius 3 is 2.53 bits per heavy atom. The van der Waals surface area contributed by atoms with Crippen LogP contribution in [0.3, 0.4) is 0 Å². The van der Waals surface area contributed by atoms with Gasteiger partial charge in [0.1, 0.15) is 5.75 Å². The van der Waals surface area contributed by atoms with Gasteiger partial charge >= 0.3 is 0 Å². The summed E-state index contributed by atoms with van der Waals surface area (Å²) >= 11 is 0. The zero-order valence-electron chi connectivity index (χ0n) is 9.18. The topological polar surface area (TPSA) is 34.0 Å². The van der Waals surface area contributed by atoms with E-state index in [-0.39, 0.29) is 12.1 Å². The highest BCUT2D eigenvalue weighted by molar-refractivity contribution is 5.29. The van der Waals surface area contributed by atoms with E-state index >= 15 is 0 Å². The number of nitrogens with zero attached hydrogens (tertiary/aromatic N) is 2. The van der Waals surface area contributed by atoms with Crippen molar-refractivity contribution in [3.8, 4) is 5.75 Å². The molecule has 1 aromatic carbocycles. The largest absolute Gasteiger partial charge is 0.491 e. The first-order valence-corrected chi connectivity index (χ1v) is 5.39. The first-order chi connectivity index (χ1) is 7.25. The van der Waals surface area contributed by atoms with E-state index in [4.69, 9.17) is 4.74 Å². The van der Waals surface area contributed by atoms with Crippen LogP contribution in [0.25, 0.3) is 0 Å². The van der Waals surface area contributed by atoms with Crippen molar-refractivity contribution >= 4 is 0 Å². The summed E-state index contributed by atoms with van der Waals surface area (Å²) in [6.07, 6.45) is 1.26. The number of ether oxygens (including phenoxy) is 1. The van der Waals surface area contributed by atoms with Gasteiger partial charge in [-0.3, -0.25) is 0 Å². The van der Waals surface area contributed by atoms with Crippen LogP contribution >= 0.6 is 0 Å². The van der Waals surface area contributed by atoms with Crippen LogP contribution in [0.4, 0.5) is 0 Å². The summed E-state index contributed by atoms with van der Waals surface area (Å²) in [6, 6.07) is 8.42. The molecule has 3 heteroatoms. The van der Waals surface area contributed by atoms with Gasteiger partial charge in [0.25, 0.3) is 0 Å². The van der Waals surface area contributed by atoms with Crippen molar-refractivity contribution in [1.82, 2.24) is 0 Å². The molecule has 1 heterocycles. The molecule has 0 saturated heterocycles. The molecule has 3 nitrogen and oxygen atoms in total. The molecule has 1 aromatic rings. The standard InChI is InChI=1S/C12H16N2O/c1-9(2)15-11-5-3-10(4-6-11)12-7-8-13-14-12/h3-6,9,12H,7-8H2,1-2H3. The summed E-state index contributed by atoms with van der Waals surface area (Å²) in [7, 11) is 0. The van der Waals surface area contributed by atoms with Crippen LogP contribution in [0, 0.1) is 0 Å². The maximum absolute atomic E-state index is 5.58. The normalized spacial score (nSPS) is 19.8. The van der Waals surface area contributed by atoms with Crippen molar-refractivity contribution in [2.75, 3.05) is 6.54 Å². The highest BCUT2D eigenvalue weighted by Crippen LogP contribution is 2.27. The number of azo groups is 1. The monoisotopic (exact) mass is 204 g/mol. The Morgan fingerprint density at radius 1 is 1.27 bits per heavy atom. The van der Waals surface area contributed by atoms with E-state index in [9.17, 15) is 0 Å². The lowest BCUT2D eigenvalue weighted by Crippen LogP contribution is -2.05. The Labute approximate surface area is 90.2 Å². The molecule has 15 heavy (non-hydrogen) atoms. The highest BCUT2D eigenvalue weighted by atomic mass is 16.5. The molecule has 0 aliphatic carbocycles. The Hall–Kier alpha value is -1.38. The molecule has 0 saturated carbocycles. The average molecular weight is 204 g/mol. The van der Waals surface area contributed by atoms with Gasteiger partial charge in [-0.15, -0.1) is 0 Å². The Kier molecular flexibility index (Phi) is 2.99. The minimum atomic E-state index is 0.224. The molecule has 0 amide bonds. The van der Waals surface area contributed by atoms with Gasteiger partial charge in [-0.2, -0.15) is 10.2 Å². The fourth-order valence-electron chi connectivity index (χ4n) is 1.67. The van der Waals surface area contributed by atoms with Crippen molar-refractivity contribution < 1.29 is 4.74 Å². The fraction of sp³-hybridized carbons (Fsp3) is 0.500. The second-order valence-electron chi connectivity index (χ2n) is 4.02. The third-order valence-electron chi connectivity index (χ3n) is 2.36. The molecule has 1 unspecified atom stereocenters. The minimum Gasteiger partial charge on any atom is -0.491 e. The second-order valence-corrected chi connectivity index (χ2v) is 4.02. The van der Waals surface area contributed by atoms with Gasteiger partial charge in [0, 0.05) is 0 Å². The lowest BCUT2D eigenvalue weighted by atomic mass is 10.1. The van der Waals surface area contributed by atoms with Crippen LogP contribution in [0.15, 0.2) is 34.5 Å². The molecule has 1 aliphatic heterocycles. The molecule has 0 spiro atoms. The summed E-state index contributed by atoms with van der Waals surface area (Å²) in [5, 5.41) is 8.19. The van der Waals surface area contributed by atoms with Crippen LogP contribution in [-0.4, -0.2) is 12.6 Å². The van der Waals surface area contributed by atoms with E-state index in [2.05, 4.69) is 22.4 Å². The van der Waals surface area contributed by atoms with Crippen molar-refractivity contribution in [1.29, 1.82) is 0 Å². The molecular formula is C12H16N2O. The molecule has 80 valence electrons. The van der Waals surface area contributed by atoms with Crippen molar-refractivity contribution in [3.05, 3.63) is 29.8 Å². The predicted octanol–water partition coefficient (Wildman–Crippen LogP) is 3.37. The van der Waals surface area contributed by atoms with Crippen molar-refractivity contribution in [3.63, 3.8) is 0 Å². The van der Waals surface area contributed by atoms with Gasteiger partial charge in [-0.25, -0.2) is 0 Å². The van der Waals surface area contributed by atoms with Gasteiger partial charge in [-0.05, 0) is 38.0 Å². The third-order valence-corrected chi connectivity index (χ3v) is 2.36. The molecule has 0 aromatic heterocycles. The molecule has 2 rings (SSSR count). The molecule has 0 N–H and O–H groups in total. The van der Waals surface area contributed by atoms with Crippen molar-refractivity contribution in [2.24, 2.45) is 10.2 Å². The van der Waals surface area contributed by atoms with E-state index in [1.165, 1.54) is 5.56 Å². The third kappa shape index (κ3) is 2.55. The summed E-state index contributed by atoms with van der Waals surface area (Å²) in [4.78, 5) is 0. The zero-order chi connectivity index (χ0) is 10.7. The lowest BCUT2D eigenvalue weighted by molar-refractivity contribution is 0.242. The van der Waals surface area contributed by atoms with E-state index in [0.717, 1.165) is 18.7 Å². The summed E-state index contributed by atoms with van der Waals surface area (Å²) < 4.78 is 5.58. The molecule has 0 bridgehead atoms. The predicted molar refractivity (Wildman–Crippen MR) is 59.3 cm³/mol. The zero-order valence-corrected chi connectivity index (χ0v) is 9.18. The highest BCUT2D eigenvalue weighted by Gasteiger charge is 2.14. The van der Waals surface area contributed by atoms with Gasteiger partial charge in [0.2, 0.25) is 0 Å². The minimum absolute atomic E-state index is 0.224. The number of benzene rings is 1. The van der Waals surface area contributed by atoms with Gasteiger partial charge in [0.15, 0.2) is 0 Å². The summed E-state index contributed by atoms with van der Waals surface area (Å²) in [5.41, 5.74) is 1.23. The first-order valence-electron chi connectivity index (χ1n) is 5.39. The molecule has 0 fully saturated rings. The first kappa shape index (κ1) is 10.1. The van der Waals surface area contributed by atoms with Crippen LogP contribution in [0.5, 0.6) is 5.75 Å². The molecule has 1 aliphatic rings. The molecule has 0 radical (unpaired) electrons. The lowest BCUT2D eigenvalue weighted by Gasteiger charge is -2.11. The Bertz CT molecular complexity index is 343. The van der Waals surface area contributed by atoms with E-state index in [0.29, 0.717) is 0 Å². The van der Waals surface area contributed by atoms with Crippen molar-refractivity contribution in [2.45, 2.75) is 32.4 Å². The van der Waals surface area contributed by atoms with E-state index in [1.807, 2.05) is 26.0 Å². The van der Waals surface area contributed by atoms with Gasteiger partial charge < -0.3 is 4.74 Å². The van der Waals surface area contributed by atoms with E-state index < -0.39 is 0 Å². The van der Waals surface area contributed by atoms with Crippen LogP contribution in [0.2, 0.25) is 0 Å². The Morgan fingerprint density at radius 2 is 2.00 bits per heavy atom. The maximum Gasteiger partial charge on any atom is 0.119 e. The summed E-state index contributed by atoms with van der Waals surface area (Å²) in [6.45, 7) is 4.91. The Balaban J connectivity index is 2.06. The van der Waals surface area contributed by atoms with Gasteiger partial charge in [0.05, 0.1) is 18.7 Å². The smallest absolute Gasteiger partial charge is 0.119 e. The molecular weight excluding hydrogens is 188 g/mol. The van der Waals surface area contributed by atoms with Gasteiger partial charge in [-0.1, -0.05) is 12.1 Å². The number of hydrogen-bond donors (Lipinski definition) is 0. The van der Waals surface area contributed by atoms with Crippen LogP contribution in [-0.2, 0) is 0 Å². The van der Waals surface area contributed by atoms with Crippen LogP contribution in [0.1, 0.15) is 31.9 Å². The quantitative estimate of drug-likeness (QED) is 0.743. The van der Waals surface area contributed by atoms with E-state index in [1.54, 1.807) is 0 Å². The SMILES string of the molecule is CC(C)Oc1ccc(C2CCN=N2)cc1. The fourth-order valence-corrected chi connectivity index (χ4v) is 1.67. The second kappa shape index (κ2) is 4.43. The summed E-state index contributed by atoms with van der Waals surface area (Å²) in [5.74, 6) is 0.920. The number of hydrogen-bond acceptors (Lipinski definition) is 3. The average Bonchev–Trinajstić information content (AvgIpc) is 2.71. The van der Waals surface area contributed by atoms with Crippen LogP contribution < -0.4 is 4.74 Å². The maximum atomic E-state index is 5.58. The molecule has 1 atom stereocenters.